The molecule has 0 aromatic heterocycles. The first kappa shape index (κ1) is 26.3. The third-order valence-electron chi connectivity index (χ3n) is 5.00. The Morgan fingerprint density at radius 1 is 1.00 bits per heavy atom. The van der Waals surface area contributed by atoms with Gasteiger partial charge >= 0.3 is 12.1 Å². The Labute approximate surface area is 211 Å². The van der Waals surface area contributed by atoms with Crippen molar-refractivity contribution in [2.75, 3.05) is 19.8 Å². The van der Waals surface area contributed by atoms with Gasteiger partial charge in [-0.25, -0.2) is 9.59 Å². The number of ether oxygens (including phenoxy) is 3. The van der Waals surface area contributed by atoms with Crippen LogP contribution in [-0.4, -0.2) is 37.4 Å². The molecule has 1 amide bonds. The van der Waals surface area contributed by atoms with Crippen molar-refractivity contribution < 1.29 is 23.8 Å². The maximum Gasteiger partial charge on any atom is 0.407 e. The van der Waals surface area contributed by atoms with Crippen molar-refractivity contribution in [1.29, 1.82) is 5.26 Å². The number of nitrogens with one attached hydrogen (secondary N) is 1. The van der Waals surface area contributed by atoms with Gasteiger partial charge in [0.05, 0.1) is 30.4 Å². The first-order valence-electron chi connectivity index (χ1n) is 11.7. The first-order chi connectivity index (χ1) is 17.2. The summed E-state index contributed by atoms with van der Waals surface area (Å²) in [5.74, 6) is 0.168. The van der Waals surface area contributed by atoms with Gasteiger partial charge < -0.3 is 19.5 Å². The average Bonchev–Trinajstić information content (AvgIpc) is 2.84. The van der Waals surface area contributed by atoms with Gasteiger partial charge in [0.25, 0.3) is 0 Å². The van der Waals surface area contributed by atoms with Crippen LogP contribution < -0.4 is 10.1 Å². The molecule has 0 unspecified atom stereocenters. The molecule has 0 saturated heterocycles. The van der Waals surface area contributed by atoms with Crippen molar-refractivity contribution in [2.45, 2.75) is 33.3 Å². The molecule has 186 valence electrons. The number of hydrogen-bond acceptors (Lipinski definition) is 6. The molecule has 0 atom stereocenters. The highest BCUT2D eigenvalue weighted by atomic mass is 16.6. The van der Waals surface area contributed by atoms with Crippen LogP contribution in [0.3, 0.4) is 0 Å². The van der Waals surface area contributed by atoms with Gasteiger partial charge in [-0.1, -0.05) is 30.3 Å². The lowest BCUT2D eigenvalue weighted by molar-refractivity contribution is -0.136. The van der Waals surface area contributed by atoms with E-state index >= 15 is 0 Å². The minimum absolute atomic E-state index is 0.255. The van der Waals surface area contributed by atoms with Crippen molar-refractivity contribution in [3.8, 4) is 11.8 Å². The normalized spacial score (nSPS) is 11.5. The Hall–Kier alpha value is -4.31. The van der Waals surface area contributed by atoms with E-state index in [4.69, 9.17) is 14.2 Å². The lowest BCUT2D eigenvalue weighted by Crippen LogP contribution is -2.34. The number of fused-ring (bicyclic) bond motifs is 1. The fourth-order valence-corrected chi connectivity index (χ4v) is 3.43. The molecule has 3 aromatic carbocycles. The molecule has 0 radical (unpaired) electrons. The van der Waals surface area contributed by atoms with Gasteiger partial charge in [0, 0.05) is 0 Å². The molecule has 3 aromatic rings. The number of rotatable bonds is 8. The molecule has 0 bridgehead atoms. The molecule has 0 aliphatic carbocycles. The van der Waals surface area contributed by atoms with E-state index in [0.717, 1.165) is 16.3 Å². The number of esters is 1. The van der Waals surface area contributed by atoms with E-state index in [1.807, 2.05) is 30.3 Å². The molecule has 36 heavy (non-hydrogen) atoms. The fourth-order valence-electron chi connectivity index (χ4n) is 3.43. The third-order valence-corrected chi connectivity index (χ3v) is 5.00. The zero-order valence-corrected chi connectivity index (χ0v) is 21.0. The molecular weight excluding hydrogens is 456 g/mol. The third kappa shape index (κ3) is 7.60. The second-order valence-electron chi connectivity index (χ2n) is 9.01. The summed E-state index contributed by atoms with van der Waals surface area (Å²) in [6, 6.07) is 20.5. The van der Waals surface area contributed by atoms with Crippen molar-refractivity contribution in [1.82, 2.24) is 5.32 Å². The standard InChI is InChI=1S/C29H30N2O5/c1-5-34-27(32)26(18-20-6-8-22-9-7-21(19-30)17-24(22)16-20)23-10-12-25(13-11-23)35-15-14-31-28(33)36-29(2,3)4/h6-13,16-18H,5,14-15H2,1-4H3,(H,31,33)/b26-18-. The number of carbonyl (C=O) groups excluding carboxylic acids is 2. The molecule has 7 heteroatoms. The summed E-state index contributed by atoms with van der Waals surface area (Å²) >= 11 is 0. The van der Waals surface area contributed by atoms with Gasteiger partial charge in [0.15, 0.2) is 0 Å². The predicted molar refractivity (Wildman–Crippen MR) is 139 cm³/mol. The van der Waals surface area contributed by atoms with Crippen LogP contribution in [0.15, 0.2) is 60.7 Å². The van der Waals surface area contributed by atoms with E-state index in [1.165, 1.54) is 0 Å². The number of amides is 1. The number of carbonyl (C=O) groups is 2. The summed E-state index contributed by atoms with van der Waals surface area (Å²) in [6.45, 7) is 7.97. The Bertz CT molecular complexity index is 1300. The Morgan fingerprint density at radius 2 is 1.72 bits per heavy atom. The minimum Gasteiger partial charge on any atom is -0.492 e. The SMILES string of the molecule is CCOC(=O)/C(=C\c1ccc2ccc(C#N)cc2c1)c1ccc(OCCNC(=O)OC(C)(C)C)cc1. The minimum atomic E-state index is -0.558. The van der Waals surface area contributed by atoms with Gasteiger partial charge in [-0.05, 0) is 86.0 Å². The van der Waals surface area contributed by atoms with E-state index in [2.05, 4.69) is 11.4 Å². The van der Waals surface area contributed by atoms with Crippen LogP contribution in [-0.2, 0) is 14.3 Å². The molecule has 0 saturated carbocycles. The average molecular weight is 487 g/mol. The highest BCUT2D eigenvalue weighted by Gasteiger charge is 2.16. The van der Waals surface area contributed by atoms with Crippen molar-refractivity contribution >= 4 is 34.5 Å². The van der Waals surface area contributed by atoms with E-state index < -0.39 is 17.7 Å². The van der Waals surface area contributed by atoms with Gasteiger partial charge in [0.1, 0.15) is 18.0 Å². The largest absolute Gasteiger partial charge is 0.492 e. The highest BCUT2D eigenvalue weighted by molar-refractivity contribution is 6.21. The zero-order chi connectivity index (χ0) is 26.1. The van der Waals surface area contributed by atoms with E-state index in [0.29, 0.717) is 29.0 Å². The van der Waals surface area contributed by atoms with E-state index in [9.17, 15) is 14.9 Å². The number of nitrogens with zero attached hydrogens (tertiary/aromatic N) is 1. The number of alkyl carbamates (subject to hydrolysis) is 1. The summed E-state index contributed by atoms with van der Waals surface area (Å²) in [5.41, 5.74) is 1.92. The van der Waals surface area contributed by atoms with Crippen LogP contribution in [0.1, 0.15) is 44.4 Å². The van der Waals surface area contributed by atoms with E-state index in [1.54, 1.807) is 64.1 Å². The number of nitriles is 1. The molecule has 0 heterocycles. The summed E-state index contributed by atoms with van der Waals surface area (Å²) < 4.78 is 16.2. The number of benzene rings is 3. The van der Waals surface area contributed by atoms with Crippen molar-refractivity contribution in [2.24, 2.45) is 0 Å². The lowest BCUT2D eigenvalue weighted by atomic mass is 10.00. The zero-order valence-electron chi connectivity index (χ0n) is 21.0. The quantitative estimate of drug-likeness (QED) is 0.189. The van der Waals surface area contributed by atoms with Crippen molar-refractivity contribution in [3.63, 3.8) is 0 Å². The monoisotopic (exact) mass is 486 g/mol. The van der Waals surface area contributed by atoms with Crippen LogP contribution >= 0.6 is 0 Å². The van der Waals surface area contributed by atoms with Crippen LogP contribution in [0.5, 0.6) is 5.75 Å². The van der Waals surface area contributed by atoms with Gasteiger partial charge in [-0.15, -0.1) is 0 Å². The second-order valence-corrected chi connectivity index (χ2v) is 9.01. The topological polar surface area (TPSA) is 97.7 Å². The van der Waals surface area contributed by atoms with Crippen LogP contribution in [0.25, 0.3) is 22.4 Å². The van der Waals surface area contributed by atoms with E-state index in [-0.39, 0.29) is 13.2 Å². The summed E-state index contributed by atoms with van der Waals surface area (Å²) in [4.78, 5) is 24.5. The molecule has 0 spiro atoms. The van der Waals surface area contributed by atoms with Crippen molar-refractivity contribution in [3.05, 3.63) is 77.4 Å². The van der Waals surface area contributed by atoms with Crippen LogP contribution in [0, 0.1) is 11.3 Å². The molecule has 3 rings (SSSR count). The smallest absolute Gasteiger partial charge is 0.407 e. The summed E-state index contributed by atoms with van der Waals surface area (Å²) in [5, 5.41) is 13.7. The van der Waals surface area contributed by atoms with Gasteiger partial charge in [-0.2, -0.15) is 5.26 Å². The van der Waals surface area contributed by atoms with Gasteiger partial charge in [-0.3, -0.25) is 0 Å². The Kier molecular flexibility index (Phi) is 8.69. The Morgan fingerprint density at radius 3 is 2.39 bits per heavy atom. The number of hydrogen-bond donors (Lipinski definition) is 1. The highest BCUT2D eigenvalue weighted by Crippen LogP contribution is 2.25. The predicted octanol–water partition coefficient (Wildman–Crippen LogP) is 5.72. The van der Waals surface area contributed by atoms with Crippen LogP contribution in [0.4, 0.5) is 4.79 Å². The lowest BCUT2D eigenvalue weighted by Gasteiger charge is -2.19. The summed E-state index contributed by atoms with van der Waals surface area (Å²) in [6.07, 6.45) is 1.28. The van der Waals surface area contributed by atoms with Gasteiger partial charge in [0.2, 0.25) is 0 Å². The molecule has 1 N–H and O–H groups in total. The maximum atomic E-state index is 12.8. The van der Waals surface area contributed by atoms with Crippen LogP contribution in [0.2, 0.25) is 0 Å². The summed E-state index contributed by atoms with van der Waals surface area (Å²) in [7, 11) is 0. The molecule has 0 fully saturated rings. The molecular formula is C29H30N2O5. The Balaban J connectivity index is 1.74. The molecule has 0 aliphatic rings. The first-order valence-corrected chi connectivity index (χ1v) is 11.7. The fraction of sp³-hybridized carbons (Fsp3) is 0.276. The molecule has 7 nitrogen and oxygen atoms in total. The maximum absolute atomic E-state index is 12.8. The molecule has 0 aliphatic heterocycles. The second kappa shape index (κ2) is 11.9.